The Morgan fingerprint density at radius 1 is 1.24 bits per heavy atom. The van der Waals surface area contributed by atoms with Crippen LogP contribution in [0.2, 0.25) is 0 Å². The zero-order valence-corrected chi connectivity index (χ0v) is 11.2. The molecule has 1 aromatic heterocycles. The van der Waals surface area contributed by atoms with Crippen molar-refractivity contribution in [1.29, 1.82) is 0 Å². The van der Waals surface area contributed by atoms with E-state index in [2.05, 4.69) is 46.3 Å². The zero-order chi connectivity index (χ0) is 12.7. The third-order valence-electron chi connectivity index (χ3n) is 2.71. The summed E-state index contributed by atoms with van der Waals surface area (Å²) in [6.45, 7) is 9.68. The second-order valence-electron chi connectivity index (χ2n) is 4.07. The van der Waals surface area contributed by atoms with Crippen molar-refractivity contribution in [2.45, 2.75) is 26.8 Å². The van der Waals surface area contributed by atoms with Gasteiger partial charge in [-0.05, 0) is 20.0 Å². The largest absolute Gasteiger partial charge is 0.372 e. The highest BCUT2D eigenvalue weighted by molar-refractivity contribution is 5.41. The molecule has 17 heavy (non-hydrogen) atoms. The number of aromatic nitrogens is 2. The molecule has 0 saturated heterocycles. The first-order valence-electron chi connectivity index (χ1n) is 6.18. The zero-order valence-electron chi connectivity index (χ0n) is 11.2. The third kappa shape index (κ3) is 4.56. The number of hydrogen-bond acceptors (Lipinski definition) is 5. The minimum atomic E-state index is 0.358. The Bertz CT molecular complexity index is 324. The van der Waals surface area contributed by atoms with Crippen LogP contribution >= 0.6 is 0 Å². The lowest BCUT2D eigenvalue weighted by Crippen LogP contribution is -2.35. The van der Waals surface area contributed by atoms with Gasteiger partial charge >= 0.3 is 0 Å². The van der Waals surface area contributed by atoms with Crippen LogP contribution in [0.15, 0.2) is 12.4 Å². The maximum atomic E-state index is 4.39. The summed E-state index contributed by atoms with van der Waals surface area (Å²) in [7, 11) is 1.84. The molecule has 1 aromatic rings. The molecule has 0 aromatic carbocycles. The van der Waals surface area contributed by atoms with Gasteiger partial charge in [0.15, 0.2) is 0 Å². The molecule has 0 radical (unpaired) electrons. The number of anilines is 2. The minimum absolute atomic E-state index is 0.358. The predicted octanol–water partition coefficient (Wildman–Crippen LogP) is 1.66. The summed E-state index contributed by atoms with van der Waals surface area (Å²) in [5, 5.41) is 6.34. The van der Waals surface area contributed by atoms with Gasteiger partial charge in [0.2, 0.25) is 0 Å². The smallest absolute Gasteiger partial charge is 0.147 e. The van der Waals surface area contributed by atoms with E-state index in [1.807, 2.05) is 7.05 Å². The summed E-state index contributed by atoms with van der Waals surface area (Å²) in [5.41, 5.74) is 0. The van der Waals surface area contributed by atoms with Gasteiger partial charge in [-0.3, -0.25) is 4.98 Å². The number of rotatable bonds is 7. The molecular weight excluding hydrogens is 214 g/mol. The van der Waals surface area contributed by atoms with E-state index >= 15 is 0 Å². The first-order valence-corrected chi connectivity index (χ1v) is 6.18. The Hall–Kier alpha value is -1.36. The maximum Gasteiger partial charge on any atom is 0.147 e. The van der Waals surface area contributed by atoms with Crippen LogP contribution in [0.3, 0.4) is 0 Å². The second kappa shape index (κ2) is 7.06. The van der Waals surface area contributed by atoms with Crippen LogP contribution in [0.1, 0.15) is 20.8 Å². The molecule has 0 amide bonds. The average Bonchev–Trinajstić information content (AvgIpc) is 2.36. The fraction of sp³-hybridized carbons (Fsp3) is 0.667. The Morgan fingerprint density at radius 2 is 1.88 bits per heavy atom. The third-order valence-corrected chi connectivity index (χ3v) is 2.71. The number of likely N-dealkylation sites (N-methyl/N-ethyl adjacent to an activating group) is 1. The molecule has 0 fully saturated rings. The van der Waals surface area contributed by atoms with Gasteiger partial charge in [0, 0.05) is 19.6 Å². The Kier molecular flexibility index (Phi) is 5.69. The Morgan fingerprint density at radius 3 is 2.47 bits per heavy atom. The van der Waals surface area contributed by atoms with Crippen LogP contribution in [0, 0.1) is 0 Å². The molecule has 0 spiro atoms. The molecule has 1 atom stereocenters. The van der Waals surface area contributed by atoms with Crippen molar-refractivity contribution in [3.63, 3.8) is 0 Å². The summed E-state index contributed by atoms with van der Waals surface area (Å²) in [6.07, 6.45) is 3.46. The van der Waals surface area contributed by atoms with E-state index in [4.69, 9.17) is 0 Å². The van der Waals surface area contributed by atoms with Crippen LogP contribution in [0.4, 0.5) is 11.6 Å². The molecule has 1 unspecified atom stereocenters. The lowest BCUT2D eigenvalue weighted by Gasteiger charge is -2.23. The minimum Gasteiger partial charge on any atom is -0.372 e. The number of nitrogens with one attached hydrogen (secondary N) is 2. The highest BCUT2D eigenvalue weighted by Gasteiger charge is 2.07. The summed E-state index contributed by atoms with van der Waals surface area (Å²) >= 11 is 0. The molecule has 0 saturated carbocycles. The van der Waals surface area contributed by atoms with E-state index in [-0.39, 0.29) is 0 Å². The molecule has 1 rings (SSSR count). The molecule has 0 aliphatic heterocycles. The van der Waals surface area contributed by atoms with Crippen molar-refractivity contribution in [1.82, 2.24) is 14.9 Å². The molecular formula is C12H23N5. The summed E-state index contributed by atoms with van der Waals surface area (Å²) in [6, 6.07) is 0.358. The monoisotopic (exact) mass is 237 g/mol. The molecule has 96 valence electrons. The molecule has 2 N–H and O–H groups in total. The van der Waals surface area contributed by atoms with Crippen LogP contribution < -0.4 is 10.6 Å². The van der Waals surface area contributed by atoms with Gasteiger partial charge in [0.1, 0.15) is 11.6 Å². The van der Waals surface area contributed by atoms with Crippen LogP contribution in [-0.2, 0) is 0 Å². The van der Waals surface area contributed by atoms with Gasteiger partial charge in [-0.1, -0.05) is 13.8 Å². The molecule has 5 heteroatoms. The van der Waals surface area contributed by atoms with Crippen LogP contribution in [-0.4, -0.2) is 47.6 Å². The number of hydrogen-bond donors (Lipinski definition) is 2. The van der Waals surface area contributed by atoms with Gasteiger partial charge in [-0.25, -0.2) is 4.98 Å². The van der Waals surface area contributed by atoms with E-state index in [1.54, 1.807) is 12.4 Å². The lowest BCUT2D eigenvalue weighted by atomic mass is 10.3. The Balaban J connectivity index is 2.52. The lowest BCUT2D eigenvalue weighted by molar-refractivity contribution is 0.294. The van der Waals surface area contributed by atoms with Crippen molar-refractivity contribution in [3.8, 4) is 0 Å². The van der Waals surface area contributed by atoms with Gasteiger partial charge in [0.05, 0.1) is 12.4 Å². The molecule has 0 aliphatic carbocycles. The van der Waals surface area contributed by atoms with E-state index in [0.717, 1.165) is 31.3 Å². The topological polar surface area (TPSA) is 53.1 Å². The van der Waals surface area contributed by atoms with E-state index < -0.39 is 0 Å². The first-order chi connectivity index (χ1) is 8.19. The second-order valence-corrected chi connectivity index (χ2v) is 4.07. The first kappa shape index (κ1) is 13.7. The summed E-state index contributed by atoms with van der Waals surface area (Å²) in [5.74, 6) is 1.60. The van der Waals surface area contributed by atoms with Gasteiger partial charge < -0.3 is 15.5 Å². The van der Waals surface area contributed by atoms with Crippen LogP contribution in [0.25, 0.3) is 0 Å². The quantitative estimate of drug-likeness (QED) is 0.755. The van der Waals surface area contributed by atoms with E-state index in [0.29, 0.717) is 6.04 Å². The normalized spacial score (nSPS) is 12.5. The molecule has 5 nitrogen and oxygen atoms in total. The standard InChI is InChI=1S/C12H23N5/c1-5-17(6-2)9-10(3)15-12-8-14-7-11(13-4)16-12/h7-8,10H,5-6,9H2,1-4H3,(H2,13,15,16). The van der Waals surface area contributed by atoms with E-state index in [1.165, 1.54) is 0 Å². The maximum absolute atomic E-state index is 4.39. The van der Waals surface area contributed by atoms with Crippen LogP contribution in [0.5, 0.6) is 0 Å². The average molecular weight is 237 g/mol. The van der Waals surface area contributed by atoms with Crippen molar-refractivity contribution in [3.05, 3.63) is 12.4 Å². The van der Waals surface area contributed by atoms with Crippen molar-refractivity contribution in [2.75, 3.05) is 37.3 Å². The Labute approximate surface area is 104 Å². The van der Waals surface area contributed by atoms with Gasteiger partial charge in [-0.15, -0.1) is 0 Å². The van der Waals surface area contributed by atoms with Crippen molar-refractivity contribution in [2.24, 2.45) is 0 Å². The van der Waals surface area contributed by atoms with Crippen molar-refractivity contribution < 1.29 is 0 Å². The molecule has 0 bridgehead atoms. The fourth-order valence-electron chi connectivity index (χ4n) is 1.72. The predicted molar refractivity (Wildman–Crippen MR) is 72.5 cm³/mol. The van der Waals surface area contributed by atoms with Crippen molar-refractivity contribution >= 4 is 11.6 Å². The summed E-state index contributed by atoms with van der Waals surface area (Å²) in [4.78, 5) is 10.9. The molecule has 0 aliphatic rings. The summed E-state index contributed by atoms with van der Waals surface area (Å²) < 4.78 is 0. The van der Waals surface area contributed by atoms with E-state index in [9.17, 15) is 0 Å². The molecule has 1 heterocycles. The fourth-order valence-corrected chi connectivity index (χ4v) is 1.72. The highest BCUT2D eigenvalue weighted by atomic mass is 15.2. The highest BCUT2D eigenvalue weighted by Crippen LogP contribution is 2.07. The SMILES string of the molecule is CCN(CC)CC(C)Nc1cncc(NC)n1. The number of nitrogens with zero attached hydrogens (tertiary/aromatic N) is 3. The van der Waals surface area contributed by atoms with Gasteiger partial charge in [-0.2, -0.15) is 0 Å². The van der Waals surface area contributed by atoms with Gasteiger partial charge in [0.25, 0.3) is 0 Å².